The predicted octanol–water partition coefficient (Wildman–Crippen LogP) is 4.23. The van der Waals surface area contributed by atoms with Crippen molar-refractivity contribution in [1.29, 1.82) is 0 Å². The van der Waals surface area contributed by atoms with Crippen molar-refractivity contribution in [1.82, 2.24) is 0 Å². The quantitative estimate of drug-likeness (QED) is 0.708. The van der Waals surface area contributed by atoms with Crippen LogP contribution in [0, 0.1) is 0 Å². The lowest BCUT2D eigenvalue weighted by molar-refractivity contribution is 0.918. The van der Waals surface area contributed by atoms with Gasteiger partial charge in [0, 0.05) is 0 Å². The molecule has 0 aliphatic carbocycles. The average molecular weight is 210 g/mol. The van der Waals surface area contributed by atoms with Gasteiger partial charge in [0.1, 0.15) is 0 Å². The molecule has 0 spiro atoms. The lowest BCUT2D eigenvalue weighted by Gasteiger charge is -2.04. The summed E-state index contributed by atoms with van der Waals surface area (Å²) >= 11 is 0. The maximum absolute atomic E-state index is 2.33. The van der Waals surface area contributed by atoms with Crippen molar-refractivity contribution in [3.8, 4) is 0 Å². The Hall–Kier alpha value is -1.56. The van der Waals surface area contributed by atoms with Crippen LogP contribution in [-0.4, -0.2) is 0 Å². The fraction of sp³-hybridized carbons (Fsp3) is 0.250. The molecular formula is C16H18. The topological polar surface area (TPSA) is 0 Å². The SMILES string of the molecule is CCCc1cccc(Cc2ccccc2)c1. The van der Waals surface area contributed by atoms with E-state index in [0.717, 1.165) is 6.42 Å². The Morgan fingerprint density at radius 1 is 0.750 bits per heavy atom. The van der Waals surface area contributed by atoms with Gasteiger partial charge in [-0.15, -0.1) is 0 Å². The highest BCUT2D eigenvalue weighted by Crippen LogP contribution is 2.12. The monoisotopic (exact) mass is 210 g/mol. The Morgan fingerprint density at radius 2 is 1.44 bits per heavy atom. The Morgan fingerprint density at radius 3 is 2.19 bits per heavy atom. The third-order valence-corrected chi connectivity index (χ3v) is 2.78. The van der Waals surface area contributed by atoms with Crippen LogP contribution < -0.4 is 0 Å². The van der Waals surface area contributed by atoms with Crippen molar-refractivity contribution in [2.75, 3.05) is 0 Å². The normalized spacial score (nSPS) is 10.3. The molecule has 0 amide bonds. The molecule has 0 N–H and O–H groups in total. The van der Waals surface area contributed by atoms with Gasteiger partial charge >= 0.3 is 0 Å². The first-order valence-electron chi connectivity index (χ1n) is 6.00. The van der Waals surface area contributed by atoms with Gasteiger partial charge in [-0.05, 0) is 29.5 Å². The minimum Gasteiger partial charge on any atom is -0.0651 e. The Kier molecular flexibility index (Phi) is 3.76. The second-order valence-electron chi connectivity index (χ2n) is 4.23. The number of rotatable bonds is 4. The van der Waals surface area contributed by atoms with Crippen LogP contribution in [0.1, 0.15) is 30.0 Å². The van der Waals surface area contributed by atoms with Crippen LogP contribution in [0.3, 0.4) is 0 Å². The molecule has 2 aromatic rings. The zero-order chi connectivity index (χ0) is 11.2. The van der Waals surface area contributed by atoms with Crippen LogP contribution >= 0.6 is 0 Å². The molecule has 0 bridgehead atoms. The second kappa shape index (κ2) is 5.50. The van der Waals surface area contributed by atoms with Gasteiger partial charge in [-0.2, -0.15) is 0 Å². The zero-order valence-electron chi connectivity index (χ0n) is 9.82. The molecule has 16 heavy (non-hydrogen) atoms. The predicted molar refractivity (Wildman–Crippen MR) is 69.7 cm³/mol. The number of aryl methyl sites for hydroxylation is 1. The lowest BCUT2D eigenvalue weighted by atomic mass is 10.0. The summed E-state index contributed by atoms with van der Waals surface area (Å²) in [5, 5.41) is 0. The Labute approximate surface area is 97.9 Å². The molecule has 0 aromatic heterocycles. The van der Waals surface area contributed by atoms with Gasteiger partial charge in [0.2, 0.25) is 0 Å². The van der Waals surface area contributed by atoms with Crippen LogP contribution in [0.5, 0.6) is 0 Å². The summed E-state index contributed by atoms with van der Waals surface area (Å²) in [5.74, 6) is 0. The molecule has 0 fully saturated rings. The van der Waals surface area contributed by atoms with Gasteiger partial charge in [0.25, 0.3) is 0 Å². The fourth-order valence-corrected chi connectivity index (χ4v) is 2.02. The zero-order valence-corrected chi connectivity index (χ0v) is 9.82. The third kappa shape index (κ3) is 2.96. The molecule has 0 nitrogen and oxygen atoms in total. The summed E-state index contributed by atoms with van der Waals surface area (Å²) in [7, 11) is 0. The maximum Gasteiger partial charge on any atom is -0.00257 e. The van der Waals surface area contributed by atoms with Crippen molar-refractivity contribution in [2.24, 2.45) is 0 Å². The van der Waals surface area contributed by atoms with Gasteiger partial charge in [0.15, 0.2) is 0 Å². The van der Waals surface area contributed by atoms with Crippen LogP contribution in [0.25, 0.3) is 0 Å². The maximum atomic E-state index is 2.33. The van der Waals surface area contributed by atoms with E-state index in [2.05, 4.69) is 61.5 Å². The highest BCUT2D eigenvalue weighted by atomic mass is 14.0. The molecule has 0 atom stereocenters. The van der Waals surface area contributed by atoms with Crippen molar-refractivity contribution < 1.29 is 0 Å². The molecule has 0 aliphatic rings. The van der Waals surface area contributed by atoms with Crippen LogP contribution in [0.2, 0.25) is 0 Å². The van der Waals surface area contributed by atoms with Gasteiger partial charge < -0.3 is 0 Å². The van der Waals surface area contributed by atoms with E-state index in [1.807, 2.05) is 0 Å². The van der Waals surface area contributed by atoms with E-state index in [9.17, 15) is 0 Å². The van der Waals surface area contributed by atoms with Crippen LogP contribution in [0.15, 0.2) is 54.6 Å². The van der Waals surface area contributed by atoms with Gasteiger partial charge in [-0.25, -0.2) is 0 Å². The molecule has 2 rings (SSSR count). The first kappa shape index (κ1) is 10.9. The highest BCUT2D eigenvalue weighted by Gasteiger charge is 1.97. The molecule has 82 valence electrons. The molecular weight excluding hydrogens is 192 g/mol. The standard InChI is InChI=1S/C16H18/c1-2-7-14-10-6-11-16(12-14)13-15-8-4-3-5-9-15/h3-6,8-12H,2,7,13H2,1H3. The smallest absolute Gasteiger partial charge is 0.00257 e. The van der Waals surface area contributed by atoms with E-state index in [-0.39, 0.29) is 0 Å². The summed E-state index contributed by atoms with van der Waals surface area (Å²) in [6, 6.07) is 19.6. The highest BCUT2D eigenvalue weighted by molar-refractivity contribution is 5.29. The van der Waals surface area contributed by atoms with Gasteiger partial charge in [0.05, 0.1) is 0 Å². The van der Waals surface area contributed by atoms with Crippen molar-refractivity contribution >= 4 is 0 Å². The largest absolute Gasteiger partial charge is 0.0651 e. The molecule has 0 heteroatoms. The lowest BCUT2D eigenvalue weighted by Crippen LogP contribution is -1.90. The molecule has 0 saturated heterocycles. The molecule has 0 unspecified atom stereocenters. The second-order valence-corrected chi connectivity index (χ2v) is 4.23. The molecule has 0 radical (unpaired) electrons. The van der Waals surface area contributed by atoms with Gasteiger partial charge in [-0.1, -0.05) is 67.9 Å². The molecule has 0 saturated carbocycles. The first-order chi connectivity index (χ1) is 7.88. The molecule has 2 aromatic carbocycles. The summed E-state index contributed by atoms with van der Waals surface area (Å²) < 4.78 is 0. The molecule has 0 heterocycles. The minimum atomic E-state index is 1.04. The third-order valence-electron chi connectivity index (χ3n) is 2.78. The van der Waals surface area contributed by atoms with Crippen molar-refractivity contribution in [3.05, 3.63) is 71.3 Å². The van der Waals surface area contributed by atoms with E-state index < -0.39 is 0 Å². The van der Waals surface area contributed by atoms with E-state index in [1.54, 1.807) is 0 Å². The summed E-state index contributed by atoms with van der Waals surface area (Å²) in [6.07, 6.45) is 3.44. The van der Waals surface area contributed by atoms with E-state index in [4.69, 9.17) is 0 Å². The Balaban J connectivity index is 2.12. The van der Waals surface area contributed by atoms with E-state index in [1.165, 1.54) is 29.5 Å². The number of benzene rings is 2. The van der Waals surface area contributed by atoms with Crippen molar-refractivity contribution in [2.45, 2.75) is 26.2 Å². The summed E-state index contributed by atoms with van der Waals surface area (Å²) in [6.45, 7) is 2.23. The molecule has 0 aliphatic heterocycles. The van der Waals surface area contributed by atoms with Crippen LogP contribution in [-0.2, 0) is 12.8 Å². The summed E-state index contributed by atoms with van der Waals surface area (Å²) in [4.78, 5) is 0. The Bertz CT molecular complexity index is 429. The van der Waals surface area contributed by atoms with Gasteiger partial charge in [-0.3, -0.25) is 0 Å². The minimum absolute atomic E-state index is 1.04. The summed E-state index contributed by atoms with van der Waals surface area (Å²) in [5.41, 5.74) is 4.25. The fourth-order valence-electron chi connectivity index (χ4n) is 2.02. The number of hydrogen-bond acceptors (Lipinski definition) is 0. The van der Waals surface area contributed by atoms with Crippen LogP contribution in [0.4, 0.5) is 0 Å². The average Bonchev–Trinajstić information content (AvgIpc) is 2.31. The van der Waals surface area contributed by atoms with Crippen molar-refractivity contribution in [3.63, 3.8) is 0 Å². The van der Waals surface area contributed by atoms with E-state index in [0.29, 0.717) is 0 Å². The number of hydrogen-bond donors (Lipinski definition) is 0. The van der Waals surface area contributed by atoms with E-state index >= 15 is 0 Å². The first-order valence-corrected chi connectivity index (χ1v) is 6.00.